The highest BCUT2D eigenvalue weighted by Gasteiger charge is 2.23. The van der Waals surface area contributed by atoms with Gasteiger partial charge in [-0.25, -0.2) is 4.39 Å². The van der Waals surface area contributed by atoms with Crippen molar-refractivity contribution in [2.45, 2.75) is 32.4 Å². The highest BCUT2D eigenvalue weighted by Crippen LogP contribution is 2.18. The number of benzene rings is 1. The van der Waals surface area contributed by atoms with Gasteiger partial charge in [0.1, 0.15) is 11.5 Å². The third-order valence-electron chi connectivity index (χ3n) is 4.34. The first kappa shape index (κ1) is 17.0. The van der Waals surface area contributed by atoms with Crippen molar-refractivity contribution in [1.29, 1.82) is 5.26 Å². The topological polar surface area (TPSA) is 101 Å². The second-order valence-corrected chi connectivity index (χ2v) is 6.24. The van der Waals surface area contributed by atoms with Gasteiger partial charge in [0.2, 0.25) is 5.95 Å². The normalized spacial score (nSPS) is 17.4. The van der Waals surface area contributed by atoms with Gasteiger partial charge in [0.15, 0.2) is 0 Å². The lowest BCUT2D eigenvalue weighted by molar-refractivity contribution is 0.487. The summed E-state index contributed by atoms with van der Waals surface area (Å²) in [5.74, 6) is -0.0544. The molecular weight excluding hydrogens is 323 g/mol. The lowest BCUT2D eigenvalue weighted by Gasteiger charge is -2.32. The molecule has 0 saturated carbocycles. The number of anilines is 1. The van der Waals surface area contributed by atoms with Crippen molar-refractivity contribution in [2.75, 3.05) is 18.0 Å². The number of piperidine rings is 1. The number of halogens is 1. The Morgan fingerprint density at radius 2 is 2.24 bits per heavy atom. The molecule has 7 nitrogen and oxygen atoms in total. The zero-order valence-electron chi connectivity index (χ0n) is 13.9. The molecule has 1 fully saturated rings. The van der Waals surface area contributed by atoms with Crippen molar-refractivity contribution >= 4 is 5.95 Å². The van der Waals surface area contributed by atoms with Crippen molar-refractivity contribution < 1.29 is 4.39 Å². The van der Waals surface area contributed by atoms with Crippen molar-refractivity contribution in [2.24, 2.45) is 5.73 Å². The van der Waals surface area contributed by atoms with Gasteiger partial charge in [0.25, 0.3) is 5.56 Å². The summed E-state index contributed by atoms with van der Waals surface area (Å²) in [6, 6.07) is 5.94. The van der Waals surface area contributed by atoms with Gasteiger partial charge in [-0.3, -0.25) is 9.36 Å². The lowest BCUT2D eigenvalue weighted by atomic mass is 10.1. The van der Waals surface area contributed by atoms with Gasteiger partial charge < -0.3 is 10.6 Å². The van der Waals surface area contributed by atoms with E-state index in [-0.39, 0.29) is 23.8 Å². The molecule has 0 spiro atoms. The van der Waals surface area contributed by atoms with Crippen LogP contribution in [0.3, 0.4) is 0 Å². The third-order valence-corrected chi connectivity index (χ3v) is 4.34. The molecular formula is C17H19FN6O. The minimum atomic E-state index is -0.456. The fourth-order valence-corrected chi connectivity index (χ4v) is 3.04. The Labute approximate surface area is 144 Å². The van der Waals surface area contributed by atoms with Crippen LogP contribution in [0.4, 0.5) is 10.3 Å². The molecule has 0 bridgehead atoms. The second kappa shape index (κ2) is 6.99. The molecule has 1 aromatic heterocycles. The number of nitrogens with two attached hydrogens (primary N) is 1. The van der Waals surface area contributed by atoms with Crippen molar-refractivity contribution in [3.05, 3.63) is 51.2 Å². The van der Waals surface area contributed by atoms with Crippen LogP contribution in [-0.4, -0.2) is 33.9 Å². The molecule has 8 heteroatoms. The molecule has 3 rings (SSSR count). The third kappa shape index (κ3) is 3.51. The number of hydrogen-bond donors (Lipinski definition) is 1. The van der Waals surface area contributed by atoms with E-state index in [1.165, 1.54) is 22.8 Å². The largest absolute Gasteiger partial charge is 0.339 e. The van der Waals surface area contributed by atoms with Crippen LogP contribution in [0.2, 0.25) is 0 Å². The summed E-state index contributed by atoms with van der Waals surface area (Å²) in [5.41, 5.74) is 6.72. The molecule has 1 aromatic carbocycles. The van der Waals surface area contributed by atoms with Crippen LogP contribution < -0.4 is 16.2 Å². The predicted octanol–water partition coefficient (Wildman–Crippen LogP) is 0.933. The van der Waals surface area contributed by atoms with E-state index in [9.17, 15) is 14.4 Å². The maximum Gasteiger partial charge on any atom is 0.276 e. The second-order valence-electron chi connectivity index (χ2n) is 6.24. The zero-order valence-corrected chi connectivity index (χ0v) is 13.9. The Hall–Kier alpha value is -2.79. The van der Waals surface area contributed by atoms with E-state index in [1.807, 2.05) is 11.0 Å². The number of aryl methyl sites for hydroxylation is 1. The summed E-state index contributed by atoms with van der Waals surface area (Å²) in [6.45, 7) is 2.93. The van der Waals surface area contributed by atoms with Gasteiger partial charge in [0.05, 0.1) is 18.2 Å². The Balaban J connectivity index is 2.06. The summed E-state index contributed by atoms with van der Waals surface area (Å²) >= 11 is 0. The fraction of sp³-hybridized carbons (Fsp3) is 0.412. The van der Waals surface area contributed by atoms with Crippen LogP contribution in [0.5, 0.6) is 0 Å². The Bertz CT molecular complexity index is 888. The Morgan fingerprint density at radius 3 is 2.96 bits per heavy atom. The van der Waals surface area contributed by atoms with E-state index < -0.39 is 5.82 Å². The Kier molecular flexibility index (Phi) is 4.76. The molecule has 0 amide bonds. The molecule has 25 heavy (non-hydrogen) atoms. The summed E-state index contributed by atoms with van der Waals surface area (Å²) in [6.07, 6.45) is 1.82. The summed E-state index contributed by atoms with van der Waals surface area (Å²) in [4.78, 5) is 14.6. The predicted molar refractivity (Wildman–Crippen MR) is 90.7 cm³/mol. The molecule has 130 valence electrons. The van der Waals surface area contributed by atoms with Crippen molar-refractivity contribution in [3.63, 3.8) is 0 Å². The van der Waals surface area contributed by atoms with Crippen molar-refractivity contribution in [3.8, 4) is 6.07 Å². The number of hydrogen-bond acceptors (Lipinski definition) is 6. The van der Waals surface area contributed by atoms with Crippen molar-refractivity contribution in [1.82, 2.24) is 14.8 Å². The SMILES string of the molecule is Cc1nnc(N2CCC[C@@H](N)C2)n(Cc2cc(F)ccc2C#N)c1=O. The molecule has 1 saturated heterocycles. The van der Waals surface area contributed by atoms with Gasteiger partial charge in [-0.2, -0.15) is 5.26 Å². The number of aromatic nitrogens is 3. The number of nitriles is 1. The first-order valence-electron chi connectivity index (χ1n) is 8.12. The highest BCUT2D eigenvalue weighted by atomic mass is 19.1. The number of rotatable bonds is 3. The van der Waals surface area contributed by atoms with Crippen LogP contribution in [-0.2, 0) is 6.54 Å². The van der Waals surface area contributed by atoms with Gasteiger partial charge in [-0.1, -0.05) is 0 Å². The monoisotopic (exact) mass is 342 g/mol. The van der Waals surface area contributed by atoms with Crippen LogP contribution in [0, 0.1) is 24.1 Å². The maximum atomic E-state index is 13.6. The molecule has 1 aliphatic heterocycles. The molecule has 2 aromatic rings. The highest BCUT2D eigenvalue weighted by molar-refractivity contribution is 5.40. The van der Waals surface area contributed by atoms with E-state index >= 15 is 0 Å². The Morgan fingerprint density at radius 1 is 1.44 bits per heavy atom. The molecule has 0 aliphatic carbocycles. The average Bonchev–Trinajstić information content (AvgIpc) is 2.59. The molecule has 1 aliphatic rings. The van der Waals surface area contributed by atoms with Crippen LogP contribution in [0.25, 0.3) is 0 Å². The van der Waals surface area contributed by atoms with Gasteiger partial charge in [0, 0.05) is 19.1 Å². The molecule has 2 heterocycles. The standard InChI is InChI=1S/C17H19FN6O/c1-11-16(25)24(9-13-7-14(18)5-4-12(13)8-19)17(22-21-11)23-6-2-3-15(20)10-23/h4-5,7,15H,2-3,6,9-10,20H2,1H3/t15-/m1/s1. The first-order chi connectivity index (χ1) is 12.0. The summed E-state index contributed by atoms with van der Waals surface area (Å²) < 4.78 is 15.1. The minimum Gasteiger partial charge on any atom is -0.339 e. The summed E-state index contributed by atoms with van der Waals surface area (Å²) in [7, 11) is 0. The summed E-state index contributed by atoms with van der Waals surface area (Å²) in [5, 5.41) is 17.4. The maximum absolute atomic E-state index is 13.6. The van der Waals surface area contributed by atoms with E-state index in [4.69, 9.17) is 5.73 Å². The fourth-order valence-electron chi connectivity index (χ4n) is 3.04. The minimum absolute atomic E-state index is 0.00393. The average molecular weight is 342 g/mol. The first-order valence-corrected chi connectivity index (χ1v) is 8.12. The van der Waals surface area contributed by atoms with Crippen LogP contribution >= 0.6 is 0 Å². The zero-order chi connectivity index (χ0) is 18.0. The van der Waals surface area contributed by atoms with Gasteiger partial charge in [-0.15, -0.1) is 10.2 Å². The van der Waals surface area contributed by atoms with E-state index in [0.717, 1.165) is 19.4 Å². The van der Waals surface area contributed by atoms with E-state index in [0.29, 0.717) is 23.6 Å². The molecule has 0 radical (unpaired) electrons. The van der Waals surface area contributed by atoms with E-state index in [2.05, 4.69) is 10.2 Å². The lowest BCUT2D eigenvalue weighted by Crippen LogP contribution is -2.46. The van der Waals surface area contributed by atoms with Gasteiger partial charge in [-0.05, 0) is 43.5 Å². The van der Waals surface area contributed by atoms with Gasteiger partial charge >= 0.3 is 0 Å². The van der Waals surface area contributed by atoms with Crippen LogP contribution in [0.15, 0.2) is 23.0 Å². The van der Waals surface area contributed by atoms with Crippen LogP contribution in [0.1, 0.15) is 29.7 Å². The smallest absolute Gasteiger partial charge is 0.276 e. The molecule has 2 N–H and O–H groups in total. The quantitative estimate of drug-likeness (QED) is 0.891. The van der Waals surface area contributed by atoms with E-state index in [1.54, 1.807) is 6.92 Å². The number of nitrogens with zero attached hydrogens (tertiary/aromatic N) is 5. The molecule has 1 atom stereocenters. The molecule has 0 unspecified atom stereocenters.